The van der Waals surface area contributed by atoms with E-state index < -0.39 is 0 Å². The molecule has 146 valence electrons. The number of nitrogens with one attached hydrogen (secondary N) is 1. The van der Waals surface area contributed by atoms with Crippen LogP contribution in [0.25, 0.3) is 0 Å². The summed E-state index contributed by atoms with van der Waals surface area (Å²) in [7, 11) is 0. The highest BCUT2D eigenvalue weighted by Crippen LogP contribution is 2.29. The standard InChI is InChI=1S/C19H18Cl2N4O2S/c1-2-25-11-17(27-13-7-4-3-5-8-13)23-19(24-25)28-12-16(26)22-15-10-6-9-14(20)18(15)21/h3-10H,2,11-12H2,1H3,(H,22,26). The number of amides is 1. The third-order valence-corrected chi connectivity index (χ3v) is 5.32. The topological polar surface area (TPSA) is 66.3 Å². The summed E-state index contributed by atoms with van der Waals surface area (Å²) in [5.74, 6) is 1.13. The molecule has 0 unspecified atom stereocenters. The van der Waals surface area contributed by atoms with Crippen molar-refractivity contribution in [1.82, 2.24) is 5.01 Å². The SMILES string of the molecule is CCN1CC(Oc2ccccc2)=NC(SCC(=O)Nc2cccc(Cl)c2Cl)=N1. The molecule has 0 saturated heterocycles. The largest absolute Gasteiger partial charge is 0.441 e. The molecule has 0 aromatic heterocycles. The Balaban J connectivity index is 1.62. The summed E-state index contributed by atoms with van der Waals surface area (Å²) >= 11 is 13.3. The predicted octanol–water partition coefficient (Wildman–Crippen LogP) is 4.75. The van der Waals surface area contributed by atoms with Gasteiger partial charge in [-0.15, -0.1) is 5.10 Å². The summed E-state index contributed by atoms with van der Waals surface area (Å²) < 4.78 is 5.83. The van der Waals surface area contributed by atoms with Gasteiger partial charge in [0.15, 0.2) is 0 Å². The average Bonchev–Trinajstić information content (AvgIpc) is 2.70. The van der Waals surface area contributed by atoms with Crippen LogP contribution in [-0.2, 0) is 4.79 Å². The third-order valence-electron chi connectivity index (χ3n) is 3.67. The first-order valence-electron chi connectivity index (χ1n) is 8.56. The molecule has 1 aliphatic rings. The van der Waals surface area contributed by atoms with Crippen LogP contribution in [-0.4, -0.2) is 40.8 Å². The van der Waals surface area contributed by atoms with E-state index in [1.165, 1.54) is 11.8 Å². The lowest BCUT2D eigenvalue weighted by molar-refractivity contribution is -0.113. The Bertz CT molecular complexity index is 906. The predicted molar refractivity (Wildman–Crippen MR) is 117 cm³/mol. The Kier molecular flexibility index (Phi) is 7.19. The molecule has 1 aliphatic heterocycles. The molecule has 0 spiro atoms. The maximum atomic E-state index is 12.3. The molecular formula is C19H18Cl2N4O2S. The lowest BCUT2D eigenvalue weighted by Gasteiger charge is -2.23. The Labute approximate surface area is 177 Å². The molecular weight excluding hydrogens is 419 g/mol. The number of benzene rings is 2. The second-order valence-corrected chi connectivity index (χ2v) is 7.45. The van der Waals surface area contributed by atoms with Gasteiger partial charge < -0.3 is 10.1 Å². The minimum Gasteiger partial charge on any atom is -0.441 e. The Morgan fingerprint density at radius 1 is 1.21 bits per heavy atom. The van der Waals surface area contributed by atoms with Crippen LogP contribution in [0.15, 0.2) is 58.6 Å². The number of thioether (sulfide) groups is 1. The highest BCUT2D eigenvalue weighted by Gasteiger charge is 2.18. The summed E-state index contributed by atoms with van der Waals surface area (Å²) in [5.41, 5.74) is 0.470. The van der Waals surface area contributed by atoms with Crippen LogP contribution < -0.4 is 10.1 Å². The summed E-state index contributed by atoms with van der Waals surface area (Å²) in [6.45, 7) is 3.16. The van der Waals surface area contributed by atoms with Crippen LogP contribution in [0.1, 0.15) is 6.92 Å². The highest BCUT2D eigenvalue weighted by atomic mass is 35.5. The zero-order valence-corrected chi connectivity index (χ0v) is 17.4. The fourth-order valence-electron chi connectivity index (χ4n) is 2.32. The van der Waals surface area contributed by atoms with E-state index in [2.05, 4.69) is 15.4 Å². The van der Waals surface area contributed by atoms with E-state index in [1.54, 1.807) is 18.2 Å². The first-order chi connectivity index (χ1) is 13.5. The maximum absolute atomic E-state index is 12.3. The molecule has 9 heteroatoms. The van der Waals surface area contributed by atoms with Gasteiger partial charge in [-0.2, -0.15) is 4.99 Å². The number of likely N-dealkylation sites (N-methyl/N-ethyl adjacent to an activating group) is 1. The van der Waals surface area contributed by atoms with Crippen molar-refractivity contribution in [3.63, 3.8) is 0 Å². The number of anilines is 1. The zero-order valence-electron chi connectivity index (χ0n) is 15.1. The number of hydrogen-bond donors (Lipinski definition) is 1. The van der Waals surface area contributed by atoms with Crippen LogP contribution in [0, 0.1) is 0 Å². The number of amidine groups is 1. The van der Waals surface area contributed by atoms with E-state index in [4.69, 9.17) is 27.9 Å². The molecule has 0 atom stereocenters. The van der Waals surface area contributed by atoms with Gasteiger partial charge in [0.25, 0.3) is 0 Å². The number of hydrogen-bond acceptors (Lipinski definition) is 6. The van der Waals surface area contributed by atoms with Crippen molar-refractivity contribution < 1.29 is 9.53 Å². The number of rotatable bonds is 5. The van der Waals surface area contributed by atoms with Crippen molar-refractivity contribution >= 4 is 57.6 Å². The first kappa shape index (κ1) is 20.5. The summed E-state index contributed by atoms with van der Waals surface area (Å²) in [4.78, 5) is 16.7. The van der Waals surface area contributed by atoms with Crippen LogP contribution in [0.5, 0.6) is 5.75 Å². The van der Waals surface area contributed by atoms with E-state index in [9.17, 15) is 4.79 Å². The number of nitrogens with zero attached hydrogens (tertiary/aromatic N) is 3. The first-order valence-corrected chi connectivity index (χ1v) is 10.3. The van der Waals surface area contributed by atoms with E-state index in [0.717, 1.165) is 0 Å². The molecule has 0 bridgehead atoms. The number of hydrazone groups is 1. The number of para-hydroxylation sites is 1. The van der Waals surface area contributed by atoms with Crippen molar-refractivity contribution in [3.05, 3.63) is 58.6 Å². The Hall–Kier alpha value is -2.22. The second-order valence-electron chi connectivity index (χ2n) is 5.72. The minimum atomic E-state index is -0.230. The monoisotopic (exact) mass is 436 g/mol. The van der Waals surface area contributed by atoms with Crippen molar-refractivity contribution in [2.75, 3.05) is 24.2 Å². The van der Waals surface area contributed by atoms with Crippen molar-refractivity contribution in [1.29, 1.82) is 0 Å². The summed E-state index contributed by atoms with van der Waals surface area (Å²) in [5, 5.41) is 10.2. The van der Waals surface area contributed by atoms with E-state index >= 15 is 0 Å². The number of aliphatic imine (C=N–C) groups is 1. The molecule has 1 amide bonds. The molecule has 2 aromatic rings. The molecule has 0 radical (unpaired) electrons. The summed E-state index contributed by atoms with van der Waals surface area (Å²) in [6.07, 6.45) is 0. The average molecular weight is 437 g/mol. The molecule has 28 heavy (non-hydrogen) atoms. The normalized spacial score (nSPS) is 13.6. The maximum Gasteiger partial charge on any atom is 0.234 e. The van der Waals surface area contributed by atoms with Gasteiger partial charge in [-0.1, -0.05) is 59.2 Å². The van der Waals surface area contributed by atoms with Crippen LogP contribution in [0.3, 0.4) is 0 Å². The van der Waals surface area contributed by atoms with Crippen molar-refractivity contribution in [2.24, 2.45) is 10.1 Å². The molecule has 6 nitrogen and oxygen atoms in total. The molecule has 0 fully saturated rings. The van der Waals surface area contributed by atoms with Gasteiger partial charge in [0.2, 0.25) is 17.0 Å². The molecule has 1 heterocycles. The third kappa shape index (κ3) is 5.64. The van der Waals surface area contributed by atoms with Gasteiger partial charge >= 0.3 is 0 Å². The van der Waals surface area contributed by atoms with Crippen molar-refractivity contribution in [3.8, 4) is 5.75 Å². The van der Waals surface area contributed by atoms with Gasteiger partial charge in [0.1, 0.15) is 12.3 Å². The Morgan fingerprint density at radius 3 is 2.75 bits per heavy atom. The lowest BCUT2D eigenvalue weighted by atomic mass is 10.3. The van der Waals surface area contributed by atoms with E-state index in [0.29, 0.717) is 45.6 Å². The Morgan fingerprint density at radius 2 is 2.00 bits per heavy atom. The molecule has 0 aliphatic carbocycles. The van der Waals surface area contributed by atoms with Crippen LogP contribution in [0.4, 0.5) is 5.69 Å². The molecule has 0 saturated carbocycles. The zero-order chi connectivity index (χ0) is 19.9. The van der Waals surface area contributed by atoms with Gasteiger partial charge in [0.05, 0.1) is 21.5 Å². The van der Waals surface area contributed by atoms with Gasteiger partial charge in [-0.05, 0) is 31.2 Å². The quantitative estimate of drug-likeness (QED) is 0.733. The number of carbonyl (C=O) groups is 1. The van der Waals surface area contributed by atoms with Crippen LogP contribution >= 0.6 is 35.0 Å². The number of halogens is 2. The van der Waals surface area contributed by atoms with Gasteiger partial charge in [0, 0.05) is 6.54 Å². The number of carbonyl (C=O) groups excluding carboxylic acids is 1. The number of ether oxygens (including phenoxy) is 1. The molecule has 1 N–H and O–H groups in total. The van der Waals surface area contributed by atoms with Gasteiger partial charge in [-0.3, -0.25) is 9.80 Å². The minimum absolute atomic E-state index is 0.126. The van der Waals surface area contributed by atoms with Crippen molar-refractivity contribution in [2.45, 2.75) is 6.92 Å². The highest BCUT2D eigenvalue weighted by molar-refractivity contribution is 8.14. The summed E-state index contributed by atoms with van der Waals surface area (Å²) in [6, 6.07) is 14.5. The van der Waals surface area contributed by atoms with E-state index in [1.807, 2.05) is 42.3 Å². The second kappa shape index (κ2) is 9.82. The van der Waals surface area contributed by atoms with Gasteiger partial charge in [-0.25, -0.2) is 0 Å². The fraction of sp³-hybridized carbons (Fsp3) is 0.211. The van der Waals surface area contributed by atoms with Crippen LogP contribution in [0.2, 0.25) is 10.0 Å². The molecule has 2 aromatic carbocycles. The fourth-order valence-corrected chi connectivity index (χ4v) is 3.34. The smallest absolute Gasteiger partial charge is 0.234 e. The lowest BCUT2D eigenvalue weighted by Crippen LogP contribution is -2.33. The molecule has 3 rings (SSSR count). The van der Waals surface area contributed by atoms with E-state index in [-0.39, 0.29) is 11.7 Å².